The van der Waals surface area contributed by atoms with E-state index in [0.717, 1.165) is 50.5 Å². The number of esters is 1. The van der Waals surface area contributed by atoms with E-state index in [4.69, 9.17) is 19.2 Å². The molecule has 0 aromatic heterocycles. The first-order valence-electron chi connectivity index (χ1n) is 19.9. The third kappa shape index (κ3) is 12.1. The normalized spacial score (nSPS) is 20.2. The second-order valence-electron chi connectivity index (χ2n) is 15.6. The van der Waals surface area contributed by atoms with Crippen LogP contribution in [0.15, 0.2) is 35.3 Å². The van der Waals surface area contributed by atoms with Gasteiger partial charge in [-0.25, -0.2) is 9.79 Å². The van der Waals surface area contributed by atoms with E-state index in [1.807, 2.05) is 63.2 Å². The van der Waals surface area contributed by atoms with Crippen molar-refractivity contribution in [2.75, 3.05) is 75.2 Å². The number of hydrogen-bond donors (Lipinski definition) is 2. The number of amides is 3. The van der Waals surface area contributed by atoms with Gasteiger partial charge < -0.3 is 44.4 Å². The largest absolute Gasteiger partial charge is 0.467 e. The zero-order valence-corrected chi connectivity index (χ0v) is 35.2. The number of ether oxygens (including phenoxy) is 3. The number of likely N-dealkylation sites (tertiary alicyclic amines) is 1. The molecule has 14 nitrogen and oxygen atoms in total. The predicted octanol–water partition coefficient (Wildman–Crippen LogP) is 2.65. The van der Waals surface area contributed by atoms with Crippen LogP contribution in [0.2, 0.25) is 0 Å². The molecule has 0 saturated carbocycles. The molecule has 1 aromatic rings. The number of nitrogens with one attached hydrogen (secondary N) is 2. The summed E-state index contributed by atoms with van der Waals surface area (Å²) in [5.74, 6) is -1.07. The standard InChI is InChI=1S/C41H69N7O7/c1-12-28(4)36(46(8)39(51)35(27(2)3)44-41(45(6)7)47-23-20-42-21-24-47)33(53-9)26-34(49)48-22-16-19-32(48)37(54-10)29(5)38(50)43-31(40(52)55-11)25-30-17-14-13-15-18-30/h13-15,17-18,27-29,31-33,35-37,42H,12,16,19-26H2,1-11H3,(H,43,50)/t28-,29+,31?,32?,33+,35?,36-,37+/m0/s1. The summed E-state index contributed by atoms with van der Waals surface area (Å²) in [7, 11) is 10.2. The number of benzene rings is 1. The number of hydrogen-bond acceptors (Lipinski definition) is 9. The van der Waals surface area contributed by atoms with Crippen LogP contribution < -0.4 is 10.6 Å². The van der Waals surface area contributed by atoms with Crippen LogP contribution in [0, 0.1) is 17.8 Å². The minimum Gasteiger partial charge on any atom is -0.467 e. The summed E-state index contributed by atoms with van der Waals surface area (Å²) in [6.07, 6.45) is 1.31. The van der Waals surface area contributed by atoms with E-state index < -0.39 is 42.2 Å². The lowest BCUT2D eigenvalue weighted by atomic mass is 9.89. The van der Waals surface area contributed by atoms with Crippen molar-refractivity contribution in [3.8, 4) is 0 Å². The highest BCUT2D eigenvalue weighted by molar-refractivity contribution is 5.88. The van der Waals surface area contributed by atoms with Gasteiger partial charge in [0.05, 0.1) is 43.7 Å². The smallest absolute Gasteiger partial charge is 0.328 e. The Morgan fingerprint density at radius 2 is 1.62 bits per heavy atom. The lowest BCUT2D eigenvalue weighted by molar-refractivity contribution is -0.148. The van der Waals surface area contributed by atoms with Crippen molar-refractivity contribution in [1.29, 1.82) is 0 Å². The highest BCUT2D eigenvalue weighted by atomic mass is 16.5. The maximum atomic E-state index is 14.4. The average molecular weight is 772 g/mol. The molecule has 2 fully saturated rings. The molecule has 3 amide bonds. The molecule has 310 valence electrons. The Morgan fingerprint density at radius 3 is 2.16 bits per heavy atom. The second kappa shape index (κ2) is 22.1. The number of methoxy groups -OCH3 is 3. The van der Waals surface area contributed by atoms with Gasteiger partial charge in [-0.2, -0.15) is 0 Å². The van der Waals surface area contributed by atoms with E-state index >= 15 is 0 Å². The molecule has 2 saturated heterocycles. The van der Waals surface area contributed by atoms with Gasteiger partial charge in [0.15, 0.2) is 5.96 Å². The van der Waals surface area contributed by atoms with Crippen molar-refractivity contribution < 1.29 is 33.4 Å². The van der Waals surface area contributed by atoms with Gasteiger partial charge in [-0.15, -0.1) is 0 Å². The molecular weight excluding hydrogens is 702 g/mol. The van der Waals surface area contributed by atoms with Crippen molar-refractivity contribution in [3.63, 3.8) is 0 Å². The van der Waals surface area contributed by atoms with Crippen LogP contribution in [-0.2, 0) is 39.8 Å². The SMILES string of the molecule is CC[C@H](C)[C@@H]([C@@H](CC(=O)N1CCCC1[C@H](OC)[C@@H](C)C(=O)NC(Cc1ccccc1)C(=O)OC)OC)N(C)C(=O)C(N=C(N(C)C)N1CCNCC1)C(C)C. The minimum absolute atomic E-state index is 0.0217. The Balaban J connectivity index is 1.81. The summed E-state index contributed by atoms with van der Waals surface area (Å²) in [5.41, 5.74) is 0.887. The van der Waals surface area contributed by atoms with E-state index in [0.29, 0.717) is 13.0 Å². The van der Waals surface area contributed by atoms with Crippen molar-refractivity contribution in [1.82, 2.24) is 30.2 Å². The summed E-state index contributed by atoms with van der Waals surface area (Å²) in [6, 6.07) is 7.17. The third-order valence-electron chi connectivity index (χ3n) is 11.3. The number of likely N-dealkylation sites (N-methyl/N-ethyl adjacent to an activating group) is 1. The van der Waals surface area contributed by atoms with Gasteiger partial charge in [0.25, 0.3) is 0 Å². The zero-order valence-electron chi connectivity index (χ0n) is 35.2. The number of guanidine groups is 1. The number of piperazine rings is 1. The van der Waals surface area contributed by atoms with Gasteiger partial charge in [-0.1, -0.05) is 71.4 Å². The molecule has 0 bridgehead atoms. The third-order valence-corrected chi connectivity index (χ3v) is 11.3. The van der Waals surface area contributed by atoms with Crippen LogP contribution >= 0.6 is 0 Å². The molecule has 3 unspecified atom stereocenters. The van der Waals surface area contributed by atoms with Gasteiger partial charge in [-0.3, -0.25) is 14.4 Å². The molecule has 3 rings (SSSR count). The Bertz CT molecular complexity index is 1400. The molecule has 0 aliphatic carbocycles. The molecule has 0 radical (unpaired) electrons. The fraction of sp³-hybridized carbons (Fsp3) is 0.732. The van der Waals surface area contributed by atoms with Crippen LogP contribution in [0.3, 0.4) is 0 Å². The molecule has 14 heteroatoms. The minimum atomic E-state index is -0.877. The Hall–Kier alpha value is -3.75. The molecule has 2 aliphatic rings. The summed E-state index contributed by atoms with van der Waals surface area (Å²) < 4.78 is 17.0. The number of carbonyl (C=O) groups excluding carboxylic acids is 4. The average Bonchev–Trinajstić information content (AvgIpc) is 3.67. The number of nitrogens with zero attached hydrogens (tertiary/aromatic N) is 5. The van der Waals surface area contributed by atoms with Gasteiger partial charge in [0.2, 0.25) is 17.7 Å². The second-order valence-corrected chi connectivity index (χ2v) is 15.6. The molecule has 1 aromatic carbocycles. The first kappa shape index (κ1) is 45.6. The maximum absolute atomic E-state index is 14.4. The first-order chi connectivity index (χ1) is 26.2. The highest BCUT2D eigenvalue weighted by Gasteiger charge is 2.43. The zero-order chi connectivity index (χ0) is 40.8. The van der Waals surface area contributed by atoms with E-state index in [2.05, 4.69) is 29.4 Å². The Labute approximate surface area is 329 Å². The van der Waals surface area contributed by atoms with E-state index in [-0.39, 0.29) is 48.4 Å². The van der Waals surface area contributed by atoms with Gasteiger partial charge >= 0.3 is 5.97 Å². The number of rotatable bonds is 18. The first-order valence-corrected chi connectivity index (χ1v) is 19.9. The molecular formula is C41H69N7O7. The van der Waals surface area contributed by atoms with E-state index in [1.54, 1.807) is 38.0 Å². The molecule has 0 spiro atoms. The lowest BCUT2D eigenvalue weighted by Gasteiger charge is -2.40. The number of carbonyl (C=O) groups is 4. The molecule has 2 aliphatic heterocycles. The van der Waals surface area contributed by atoms with Crippen LogP contribution in [-0.4, -0.2) is 161 Å². The van der Waals surface area contributed by atoms with E-state index in [9.17, 15) is 19.2 Å². The van der Waals surface area contributed by atoms with E-state index in [1.165, 1.54) is 7.11 Å². The maximum Gasteiger partial charge on any atom is 0.328 e. The van der Waals surface area contributed by atoms with Crippen molar-refractivity contribution in [3.05, 3.63) is 35.9 Å². The summed E-state index contributed by atoms with van der Waals surface area (Å²) in [6.45, 7) is 13.8. The van der Waals surface area contributed by atoms with Crippen molar-refractivity contribution in [2.24, 2.45) is 22.7 Å². The van der Waals surface area contributed by atoms with Crippen LogP contribution in [0.25, 0.3) is 0 Å². The van der Waals surface area contributed by atoms with Crippen molar-refractivity contribution in [2.45, 2.75) is 103 Å². The summed E-state index contributed by atoms with van der Waals surface area (Å²) in [4.78, 5) is 67.9. The Morgan fingerprint density at radius 1 is 0.964 bits per heavy atom. The molecule has 55 heavy (non-hydrogen) atoms. The topological polar surface area (TPSA) is 145 Å². The predicted molar refractivity (Wildman–Crippen MR) is 214 cm³/mol. The quantitative estimate of drug-likeness (QED) is 0.130. The van der Waals surface area contributed by atoms with Gasteiger partial charge in [0.1, 0.15) is 12.1 Å². The van der Waals surface area contributed by atoms with Crippen molar-refractivity contribution >= 4 is 29.7 Å². The summed E-state index contributed by atoms with van der Waals surface area (Å²) >= 11 is 0. The molecule has 8 atom stereocenters. The lowest BCUT2D eigenvalue weighted by Crippen LogP contribution is -2.56. The summed E-state index contributed by atoms with van der Waals surface area (Å²) in [5, 5.41) is 6.26. The fourth-order valence-corrected chi connectivity index (χ4v) is 7.96. The van der Waals surface area contributed by atoms with Crippen LogP contribution in [0.4, 0.5) is 0 Å². The number of aliphatic imine (C=N–C) groups is 1. The van der Waals surface area contributed by atoms with Gasteiger partial charge in [0, 0.05) is 74.5 Å². The fourth-order valence-electron chi connectivity index (χ4n) is 7.96. The van der Waals surface area contributed by atoms with Crippen LogP contribution in [0.5, 0.6) is 0 Å². The Kier molecular flexibility index (Phi) is 18.3. The van der Waals surface area contributed by atoms with Crippen LogP contribution in [0.1, 0.15) is 65.9 Å². The monoisotopic (exact) mass is 772 g/mol. The highest BCUT2D eigenvalue weighted by Crippen LogP contribution is 2.30. The molecule has 2 heterocycles. The molecule has 2 N–H and O–H groups in total. The van der Waals surface area contributed by atoms with Gasteiger partial charge in [-0.05, 0) is 30.2 Å².